The number of carbonyl (C=O) groups excluding carboxylic acids is 3. The van der Waals surface area contributed by atoms with E-state index in [2.05, 4.69) is 38.3 Å². The minimum absolute atomic E-state index is 0.0136. The number of hydrogen-bond acceptors (Lipinski definition) is 6. The van der Waals surface area contributed by atoms with E-state index in [0.717, 1.165) is 24.8 Å². The van der Waals surface area contributed by atoms with E-state index in [9.17, 15) is 14.4 Å². The first-order valence-electron chi connectivity index (χ1n) is 15.9. The number of fused-ring (bicyclic) bond motifs is 2. The van der Waals surface area contributed by atoms with Crippen molar-refractivity contribution < 1.29 is 28.6 Å². The van der Waals surface area contributed by atoms with Crippen molar-refractivity contribution in [2.24, 2.45) is 23.7 Å². The van der Waals surface area contributed by atoms with Crippen LogP contribution in [0.25, 0.3) is 0 Å². The summed E-state index contributed by atoms with van der Waals surface area (Å²) in [4.78, 5) is 44.2. The molecule has 9 nitrogen and oxygen atoms in total. The average molecular weight is 600 g/mol. The molecule has 1 aliphatic carbocycles. The van der Waals surface area contributed by atoms with Gasteiger partial charge in [0.15, 0.2) is 11.5 Å². The lowest BCUT2D eigenvalue weighted by molar-refractivity contribution is -0.142. The molecule has 7 rings (SSSR count). The molecule has 1 saturated carbocycles. The lowest BCUT2D eigenvalue weighted by Crippen LogP contribution is -2.57. The lowest BCUT2D eigenvalue weighted by atomic mass is 9.73. The van der Waals surface area contributed by atoms with Gasteiger partial charge in [0.1, 0.15) is 11.6 Å². The Morgan fingerprint density at radius 2 is 1.80 bits per heavy atom. The summed E-state index contributed by atoms with van der Waals surface area (Å²) < 4.78 is 17.6. The largest absolute Gasteiger partial charge is 0.454 e. The minimum Gasteiger partial charge on any atom is -0.454 e. The maximum absolute atomic E-state index is 14.4. The summed E-state index contributed by atoms with van der Waals surface area (Å²) in [6.07, 6.45) is 6.21. The van der Waals surface area contributed by atoms with Crippen LogP contribution in [0.1, 0.15) is 64.0 Å². The fourth-order valence-electron chi connectivity index (χ4n) is 7.90. The van der Waals surface area contributed by atoms with Crippen molar-refractivity contribution in [1.29, 1.82) is 0 Å². The van der Waals surface area contributed by atoms with Gasteiger partial charge in [-0.15, -0.1) is 0 Å². The number of hydrogen-bond donors (Lipinski definition) is 2. The Morgan fingerprint density at radius 1 is 1.02 bits per heavy atom. The molecular weight excluding hydrogens is 558 g/mol. The van der Waals surface area contributed by atoms with Gasteiger partial charge in [-0.05, 0) is 59.6 Å². The second-order valence-electron chi connectivity index (χ2n) is 13.5. The highest BCUT2D eigenvalue weighted by atomic mass is 16.7. The quantitative estimate of drug-likeness (QED) is 0.445. The molecule has 232 valence electrons. The number of carbonyl (C=O) groups is 3. The Morgan fingerprint density at radius 3 is 2.57 bits per heavy atom. The number of ether oxygens (including phenoxy) is 3. The van der Waals surface area contributed by atoms with Crippen LogP contribution in [-0.4, -0.2) is 53.2 Å². The molecule has 4 heterocycles. The molecule has 3 amide bonds. The number of anilines is 1. The van der Waals surface area contributed by atoms with E-state index in [4.69, 9.17) is 14.2 Å². The second kappa shape index (κ2) is 10.9. The maximum Gasteiger partial charge on any atom is 0.246 e. The first-order valence-corrected chi connectivity index (χ1v) is 15.9. The van der Waals surface area contributed by atoms with Crippen molar-refractivity contribution in [1.82, 2.24) is 10.2 Å². The van der Waals surface area contributed by atoms with Gasteiger partial charge in [0.25, 0.3) is 0 Å². The molecule has 2 aromatic rings. The predicted octanol–water partition coefficient (Wildman–Crippen LogP) is 4.77. The average Bonchev–Trinajstić information content (AvgIpc) is 3.76. The van der Waals surface area contributed by atoms with Gasteiger partial charge in [-0.1, -0.05) is 70.9 Å². The predicted molar refractivity (Wildman–Crippen MR) is 164 cm³/mol. The number of rotatable bonds is 7. The smallest absolute Gasteiger partial charge is 0.246 e. The van der Waals surface area contributed by atoms with Gasteiger partial charge in [0, 0.05) is 18.3 Å². The summed E-state index contributed by atoms with van der Waals surface area (Å²) in [5, 5.41) is 6.34. The summed E-state index contributed by atoms with van der Waals surface area (Å²) >= 11 is 0. The molecule has 5 aliphatic rings. The molecule has 2 saturated heterocycles. The Bertz CT molecular complexity index is 1500. The third-order valence-electron chi connectivity index (χ3n) is 10.6. The molecule has 9 heteroatoms. The SMILES string of the molecule is CC(C)c1ccc(NC(=O)C2C3C=CC4(O3)C2C(=O)N(Cc2ccc3c(c2)OCO3)C4C(=O)NC2CCCC(C)C2C)cc1. The summed E-state index contributed by atoms with van der Waals surface area (Å²) in [6, 6.07) is 12.4. The van der Waals surface area contributed by atoms with Crippen LogP contribution < -0.4 is 20.1 Å². The third kappa shape index (κ3) is 4.67. The summed E-state index contributed by atoms with van der Waals surface area (Å²) in [5.41, 5.74) is 1.42. The van der Waals surface area contributed by atoms with Crippen LogP contribution in [0.2, 0.25) is 0 Å². The molecule has 8 atom stereocenters. The minimum atomic E-state index is -1.23. The normalized spacial score (nSPS) is 33.2. The van der Waals surface area contributed by atoms with Gasteiger partial charge in [0.05, 0.1) is 17.9 Å². The first kappa shape index (κ1) is 28.9. The van der Waals surface area contributed by atoms with Crippen molar-refractivity contribution >= 4 is 23.4 Å². The van der Waals surface area contributed by atoms with Crippen LogP contribution in [0.5, 0.6) is 11.5 Å². The molecule has 1 spiro atoms. The highest BCUT2D eigenvalue weighted by Gasteiger charge is 2.72. The zero-order valence-corrected chi connectivity index (χ0v) is 25.7. The van der Waals surface area contributed by atoms with Crippen molar-refractivity contribution in [3.63, 3.8) is 0 Å². The molecule has 44 heavy (non-hydrogen) atoms. The van der Waals surface area contributed by atoms with Crippen LogP contribution in [0.15, 0.2) is 54.6 Å². The number of amides is 3. The van der Waals surface area contributed by atoms with Crippen LogP contribution >= 0.6 is 0 Å². The molecule has 3 fully saturated rings. The Balaban J connectivity index is 1.20. The number of nitrogens with zero attached hydrogens (tertiary/aromatic N) is 1. The van der Waals surface area contributed by atoms with Crippen molar-refractivity contribution in [3.05, 3.63) is 65.7 Å². The molecule has 8 unspecified atom stereocenters. The highest BCUT2D eigenvalue weighted by Crippen LogP contribution is 2.55. The molecule has 4 aliphatic heterocycles. The van der Waals surface area contributed by atoms with Gasteiger partial charge >= 0.3 is 0 Å². The molecular formula is C35H41N3O6. The molecule has 0 radical (unpaired) electrons. The van der Waals surface area contributed by atoms with E-state index in [1.54, 1.807) is 4.90 Å². The van der Waals surface area contributed by atoms with E-state index in [1.807, 2.05) is 54.6 Å². The van der Waals surface area contributed by atoms with E-state index in [-0.39, 0.29) is 37.1 Å². The lowest BCUT2D eigenvalue weighted by Gasteiger charge is -2.38. The van der Waals surface area contributed by atoms with Crippen molar-refractivity contribution in [2.45, 2.75) is 83.2 Å². The monoisotopic (exact) mass is 599 g/mol. The fraction of sp³-hybridized carbons (Fsp3) is 0.514. The zero-order valence-electron chi connectivity index (χ0n) is 25.7. The maximum atomic E-state index is 14.4. The number of benzene rings is 2. The molecule has 2 aromatic carbocycles. The standard InChI is InChI=1S/C35H41N3O6/c1-19(2)23-9-11-24(12-10-23)36-32(39)29-27-14-15-35(44-27)30(29)34(41)38(17-22-8-13-26-28(16-22)43-18-42-26)31(35)33(40)37-25-7-5-6-20(3)21(25)4/h8-16,19-21,25,27,29-31H,5-7,17-18H2,1-4H3,(H,36,39)(H,37,40). The summed E-state index contributed by atoms with van der Waals surface area (Å²) in [6.45, 7) is 8.98. The van der Waals surface area contributed by atoms with Gasteiger partial charge in [-0.3, -0.25) is 14.4 Å². The second-order valence-corrected chi connectivity index (χ2v) is 13.5. The van der Waals surface area contributed by atoms with Crippen LogP contribution in [0, 0.1) is 23.7 Å². The Hall–Kier alpha value is -3.85. The molecule has 0 aromatic heterocycles. The zero-order chi connectivity index (χ0) is 30.7. The van der Waals surface area contributed by atoms with Crippen molar-refractivity contribution in [3.8, 4) is 11.5 Å². The van der Waals surface area contributed by atoms with Gasteiger partial charge < -0.3 is 29.7 Å². The first-order chi connectivity index (χ1) is 21.2. The number of nitrogens with one attached hydrogen (secondary N) is 2. The van der Waals surface area contributed by atoms with Crippen LogP contribution in [0.3, 0.4) is 0 Å². The summed E-state index contributed by atoms with van der Waals surface area (Å²) in [5.74, 6) is 0.0923. The van der Waals surface area contributed by atoms with E-state index >= 15 is 0 Å². The van der Waals surface area contributed by atoms with Crippen LogP contribution in [-0.2, 0) is 25.7 Å². The molecule has 2 N–H and O–H groups in total. The van der Waals surface area contributed by atoms with Gasteiger partial charge in [-0.25, -0.2) is 0 Å². The Kier molecular flexibility index (Phi) is 7.19. The van der Waals surface area contributed by atoms with E-state index in [1.165, 1.54) is 5.56 Å². The third-order valence-corrected chi connectivity index (χ3v) is 10.6. The van der Waals surface area contributed by atoms with Crippen molar-refractivity contribution in [2.75, 3.05) is 12.1 Å². The fourth-order valence-corrected chi connectivity index (χ4v) is 7.90. The van der Waals surface area contributed by atoms with E-state index in [0.29, 0.717) is 34.9 Å². The number of likely N-dealkylation sites (tertiary alicyclic amines) is 1. The summed E-state index contributed by atoms with van der Waals surface area (Å²) in [7, 11) is 0. The Labute approximate surface area is 258 Å². The molecule has 2 bridgehead atoms. The van der Waals surface area contributed by atoms with Crippen LogP contribution in [0.4, 0.5) is 5.69 Å². The van der Waals surface area contributed by atoms with Gasteiger partial charge in [-0.2, -0.15) is 0 Å². The van der Waals surface area contributed by atoms with Gasteiger partial charge in [0.2, 0.25) is 24.5 Å². The topological polar surface area (TPSA) is 106 Å². The van der Waals surface area contributed by atoms with E-state index < -0.39 is 29.6 Å². The highest BCUT2D eigenvalue weighted by molar-refractivity contribution is 6.02.